The number of morpholine rings is 1. The summed E-state index contributed by atoms with van der Waals surface area (Å²) in [4.78, 5) is 35.6. The number of hydrogen-bond donors (Lipinski definition) is 2. The standard InChI is InChI=1S/C26H27N9O3/c1-17-16-37-14-12-35(17)24-20-7-11-34(25-27-9-2-10-28-25)15-21(20)30-23(32-24)18-3-5-19(6-4-18)29-26(36)31-22-8-13-38-33-22/h2-6,8-10,13,17H,7,11-12,14-16H2,1H3,(H2,29,31,33,36). The Bertz CT molecular complexity index is 1400. The Morgan fingerprint density at radius 2 is 1.89 bits per heavy atom. The van der Waals surface area contributed by atoms with Gasteiger partial charge in [0.2, 0.25) is 5.95 Å². The normalized spacial score (nSPS) is 17.1. The van der Waals surface area contributed by atoms with Crippen LogP contribution in [0, 0.1) is 0 Å². The lowest BCUT2D eigenvalue weighted by Crippen LogP contribution is -2.45. The number of nitrogens with zero attached hydrogens (tertiary/aromatic N) is 7. The van der Waals surface area contributed by atoms with Crippen molar-refractivity contribution in [3.63, 3.8) is 0 Å². The molecule has 6 rings (SSSR count). The van der Waals surface area contributed by atoms with Crippen LogP contribution in [0.3, 0.4) is 0 Å². The number of ether oxygens (including phenoxy) is 1. The maximum absolute atomic E-state index is 12.2. The summed E-state index contributed by atoms with van der Waals surface area (Å²) in [7, 11) is 0. The topological polar surface area (TPSA) is 134 Å². The third kappa shape index (κ3) is 4.98. The quantitative estimate of drug-likeness (QED) is 0.409. The summed E-state index contributed by atoms with van der Waals surface area (Å²) < 4.78 is 10.4. The number of aromatic nitrogens is 5. The van der Waals surface area contributed by atoms with E-state index in [2.05, 4.69) is 42.5 Å². The fourth-order valence-corrected chi connectivity index (χ4v) is 4.70. The molecule has 1 aromatic carbocycles. The van der Waals surface area contributed by atoms with Gasteiger partial charge in [-0.2, -0.15) is 0 Å². The van der Waals surface area contributed by atoms with Crippen LogP contribution in [-0.4, -0.2) is 63.5 Å². The molecular weight excluding hydrogens is 486 g/mol. The molecule has 194 valence electrons. The molecule has 3 aromatic heterocycles. The Morgan fingerprint density at radius 1 is 1.05 bits per heavy atom. The number of urea groups is 1. The van der Waals surface area contributed by atoms with Gasteiger partial charge in [0.25, 0.3) is 0 Å². The summed E-state index contributed by atoms with van der Waals surface area (Å²) in [6, 6.07) is 10.6. The summed E-state index contributed by atoms with van der Waals surface area (Å²) in [5.74, 6) is 2.62. The molecule has 12 heteroatoms. The summed E-state index contributed by atoms with van der Waals surface area (Å²) in [5, 5.41) is 9.07. The van der Waals surface area contributed by atoms with Crippen LogP contribution in [-0.2, 0) is 17.7 Å². The van der Waals surface area contributed by atoms with E-state index in [1.165, 1.54) is 6.26 Å². The molecule has 5 heterocycles. The van der Waals surface area contributed by atoms with E-state index in [1.54, 1.807) is 18.5 Å². The van der Waals surface area contributed by atoms with Crippen molar-refractivity contribution >= 4 is 29.3 Å². The summed E-state index contributed by atoms with van der Waals surface area (Å²) >= 11 is 0. The van der Waals surface area contributed by atoms with E-state index in [4.69, 9.17) is 19.2 Å². The lowest BCUT2D eigenvalue weighted by Gasteiger charge is -2.37. The van der Waals surface area contributed by atoms with Crippen molar-refractivity contribution in [3.05, 3.63) is 66.3 Å². The zero-order valence-electron chi connectivity index (χ0n) is 20.9. The maximum atomic E-state index is 12.2. The Morgan fingerprint density at radius 3 is 2.66 bits per heavy atom. The molecular formula is C26H27N9O3. The molecule has 1 atom stereocenters. The van der Waals surface area contributed by atoms with Gasteiger partial charge in [0, 0.05) is 48.4 Å². The number of anilines is 4. The number of nitrogens with one attached hydrogen (secondary N) is 2. The summed E-state index contributed by atoms with van der Waals surface area (Å²) in [6.45, 7) is 5.66. The van der Waals surface area contributed by atoms with Gasteiger partial charge < -0.3 is 24.4 Å². The van der Waals surface area contributed by atoms with Crippen LogP contribution < -0.4 is 20.4 Å². The predicted octanol–water partition coefficient (Wildman–Crippen LogP) is 3.35. The fraction of sp³-hybridized carbons (Fsp3) is 0.308. The zero-order chi connectivity index (χ0) is 25.9. The number of carbonyl (C=O) groups is 1. The van der Waals surface area contributed by atoms with Crippen molar-refractivity contribution in [3.8, 4) is 11.4 Å². The second-order valence-corrected chi connectivity index (χ2v) is 9.17. The van der Waals surface area contributed by atoms with Crippen LogP contribution in [0.25, 0.3) is 11.4 Å². The Balaban J connectivity index is 1.29. The third-order valence-electron chi connectivity index (χ3n) is 6.60. The molecule has 0 saturated carbocycles. The number of rotatable bonds is 5. The first-order valence-electron chi connectivity index (χ1n) is 12.5. The van der Waals surface area contributed by atoms with Crippen molar-refractivity contribution < 1.29 is 14.1 Å². The Hall–Kier alpha value is -4.58. The second kappa shape index (κ2) is 10.4. The third-order valence-corrected chi connectivity index (χ3v) is 6.60. The highest BCUT2D eigenvalue weighted by molar-refractivity contribution is 5.99. The van der Waals surface area contributed by atoms with Crippen LogP contribution in [0.4, 0.5) is 28.1 Å². The second-order valence-electron chi connectivity index (χ2n) is 9.17. The highest BCUT2D eigenvalue weighted by Gasteiger charge is 2.29. The minimum absolute atomic E-state index is 0.209. The van der Waals surface area contributed by atoms with Gasteiger partial charge in [-0.05, 0) is 43.7 Å². The molecule has 0 spiro atoms. The lowest BCUT2D eigenvalue weighted by molar-refractivity contribution is 0.0984. The van der Waals surface area contributed by atoms with Crippen molar-refractivity contribution in [2.75, 3.05) is 46.7 Å². The van der Waals surface area contributed by atoms with Crippen LogP contribution >= 0.6 is 0 Å². The molecule has 0 bridgehead atoms. The molecule has 1 saturated heterocycles. The molecule has 1 unspecified atom stereocenters. The van der Waals surface area contributed by atoms with Crippen molar-refractivity contribution in [2.45, 2.75) is 25.9 Å². The lowest BCUT2D eigenvalue weighted by atomic mass is 10.0. The molecule has 2 N–H and O–H groups in total. The first kappa shape index (κ1) is 23.8. The van der Waals surface area contributed by atoms with E-state index in [0.717, 1.165) is 42.1 Å². The molecule has 0 radical (unpaired) electrons. The predicted molar refractivity (Wildman–Crippen MR) is 141 cm³/mol. The van der Waals surface area contributed by atoms with Crippen LogP contribution in [0.1, 0.15) is 18.2 Å². The van der Waals surface area contributed by atoms with Crippen LogP contribution in [0.15, 0.2) is 59.6 Å². The first-order chi connectivity index (χ1) is 18.6. The largest absolute Gasteiger partial charge is 0.377 e. The number of carbonyl (C=O) groups excluding carboxylic acids is 1. The molecule has 1 fully saturated rings. The summed E-state index contributed by atoms with van der Waals surface area (Å²) in [5.41, 5.74) is 3.61. The SMILES string of the molecule is CC1COCCN1c1nc(-c2ccc(NC(=O)Nc3ccon3)cc2)nc2c1CCN(c1ncccn1)C2. The van der Waals surface area contributed by atoms with E-state index in [1.807, 2.05) is 30.3 Å². The smallest absolute Gasteiger partial charge is 0.324 e. The number of fused-ring (bicyclic) bond motifs is 1. The van der Waals surface area contributed by atoms with Crippen molar-refractivity contribution in [2.24, 2.45) is 0 Å². The monoisotopic (exact) mass is 513 g/mol. The zero-order valence-corrected chi connectivity index (χ0v) is 20.9. The average molecular weight is 514 g/mol. The Kier molecular flexibility index (Phi) is 6.53. The van der Waals surface area contributed by atoms with Gasteiger partial charge in [-0.15, -0.1) is 0 Å². The number of amides is 2. The Labute approximate surface area is 219 Å². The van der Waals surface area contributed by atoms with Crippen LogP contribution in [0.2, 0.25) is 0 Å². The van der Waals surface area contributed by atoms with E-state index in [0.29, 0.717) is 43.0 Å². The van der Waals surface area contributed by atoms with Gasteiger partial charge >= 0.3 is 6.03 Å². The van der Waals surface area contributed by atoms with Crippen molar-refractivity contribution in [1.82, 2.24) is 25.1 Å². The molecule has 2 amide bonds. The van der Waals surface area contributed by atoms with E-state index < -0.39 is 6.03 Å². The number of benzene rings is 1. The molecule has 2 aliphatic rings. The van der Waals surface area contributed by atoms with Gasteiger partial charge in [0.05, 0.1) is 31.5 Å². The fourth-order valence-electron chi connectivity index (χ4n) is 4.70. The highest BCUT2D eigenvalue weighted by atomic mass is 16.5. The first-order valence-corrected chi connectivity index (χ1v) is 12.5. The van der Waals surface area contributed by atoms with Gasteiger partial charge in [0.15, 0.2) is 11.6 Å². The maximum Gasteiger partial charge on any atom is 0.324 e. The summed E-state index contributed by atoms with van der Waals surface area (Å²) in [6.07, 6.45) is 5.70. The average Bonchev–Trinajstić information content (AvgIpc) is 3.46. The van der Waals surface area contributed by atoms with Crippen molar-refractivity contribution in [1.29, 1.82) is 0 Å². The minimum atomic E-state index is -0.413. The van der Waals surface area contributed by atoms with E-state index in [-0.39, 0.29) is 6.04 Å². The molecule has 38 heavy (non-hydrogen) atoms. The number of hydrogen-bond acceptors (Lipinski definition) is 10. The van der Waals surface area contributed by atoms with Gasteiger partial charge in [-0.3, -0.25) is 5.32 Å². The van der Waals surface area contributed by atoms with Crippen LogP contribution in [0.5, 0.6) is 0 Å². The minimum Gasteiger partial charge on any atom is -0.377 e. The van der Waals surface area contributed by atoms with E-state index in [9.17, 15) is 4.79 Å². The van der Waals surface area contributed by atoms with Gasteiger partial charge in [0.1, 0.15) is 12.1 Å². The molecule has 2 aliphatic heterocycles. The van der Waals surface area contributed by atoms with E-state index >= 15 is 0 Å². The highest BCUT2D eigenvalue weighted by Crippen LogP contribution is 2.32. The molecule has 12 nitrogen and oxygen atoms in total. The molecule has 0 aliphatic carbocycles. The molecule has 4 aromatic rings. The van der Waals surface area contributed by atoms with Gasteiger partial charge in [-0.1, -0.05) is 5.16 Å². The van der Waals surface area contributed by atoms with Gasteiger partial charge in [-0.25, -0.2) is 24.7 Å².